The SMILES string of the molecule is CCN(CC)c1ccc(C(=O)NC2CCc3cc(C=CC(=O)NCCCCCC(=O)NOC4CCCCO4)ccc32)cc1. The van der Waals surface area contributed by atoms with E-state index in [-0.39, 0.29) is 30.1 Å². The van der Waals surface area contributed by atoms with Gasteiger partial charge in [-0.05, 0) is 99.4 Å². The van der Waals surface area contributed by atoms with Gasteiger partial charge < -0.3 is 20.3 Å². The minimum absolute atomic E-state index is 0.0178. The minimum atomic E-state index is -0.339. The first-order chi connectivity index (χ1) is 21.0. The predicted molar refractivity (Wildman–Crippen MR) is 168 cm³/mol. The molecule has 1 saturated heterocycles. The van der Waals surface area contributed by atoms with Gasteiger partial charge >= 0.3 is 0 Å². The van der Waals surface area contributed by atoms with Gasteiger partial charge in [0.25, 0.3) is 5.91 Å². The molecule has 3 N–H and O–H groups in total. The maximum Gasteiger partial charge on any atom is 0.251 e. The molecule has 2 aromatic carbocycles. The summed E-state index contributed by atoms with van der Waals surface area (Å²) in [5.74, 6) is -0.354. The molecule has 2 aromatic rings. The van der Waals surface area contributed by atoms with Crippen LogP contribution in [-0.4, -0.2) is 50.3 Å². The van der Waals surface area contributed by atoms with Crippen molar-refractivity contribution in [3.05, 3.63) is 70.8 Å². The monoisotopic (exact) mass is 590 g/mol. The lowest BCUT2D eigenvalue weighted by atomic mass is 10.0. The third-order valence-corrected chi connectivity index (χ3v) is 8.06. The highest BCUT2D eigenvalue weighted by atomic mass is 16.8. The van der Waals surface area contributed by atoms with Crippen LogP contribution in [0.3, 0.4) is 0 Å². The van der Waals surface area contributed by atoms with Crippen molar-refractivity contribution < 1.29 is 24.0 Å². The number of aryl methyl sites for hydroxylation is 1. The van der Waals surface area contributed by atoms with Crippen molar-refractivity contribution >= 4 is 29.5 Å². The van der Waals surface area contributed by atoms with Gasteiger partial charge in [0.2, 0.25) is 11.8 Å². The normalized spacial score (nSPS) is 17.8. The number of rotatable bonds is 15. The Hall–Kier alpha value is -3.69. The lowest BCUT2D eigenvalue weighted by Gasteiger charge is -2.22. The number of benzene rings is 2. The van der Waals surface area contributed by atoms with Crippen LogP contribution in [0.15, 0.2) is 48.5 Å². The molecule has 0 saturated carbocycles. The van der Waals surface area contributed by atoms with E-state index in [4.69, 9.17) is 9.57 Å². The Bertz CT molecular complexity index is 1240. The molecular formula is C34H46N4O5. The van der Waals surface area contributed by atoms with Crippen molar-refractivity contribution in [3.8, 4) is 0 Å². The number of carbonyl (C=O) groups is 3. The average molecular weight is 591 g/mol. The van der Waals surface area contributed by atoms with Gasteiger partial charge in [-0.15, -0.1) is 0 Å². The molecule has 2 aliphatic rings. The summed E-state index contributed by atoms with van der Waals surface area (Å²) in [5.41, 5.74) is 7.55. The Balaban J connectivity index is 1.13. The Morgan fingerprint density at radius 1 is 1.00 bits per heavy atom. The molecule has 232 valence electrons. The van der Waals surface area contributed by atoms with Crippen LogP contribution in [0, 0.1) is 0 Å². The van der Waals surface area contributed by atoms with Gasteiger partial charge in [0.1, 0.15) is 0 Å². The molecule has 3 amide bonds. The van der Waals surface area contributed by atoms with Gasteiger partial charge in [-0.2, -0.15) is 0 Å². The van der Waals surface area contributed by atoms with Gasteiger partial charge in [-0.1, -0.05) is 24.6 Å². The number of fused-ring (bicyclic) bond motifs is 1. The fraction of sp³-hybridized carbons (Fsp3) is 0.500. The number of nitrogens with zero attached hydrogens (tertiary/aromatic N) is 1. The maximum atomic E-state index is 12.9. The highest BCUT2D eigenvalue weighted by Gasteiger charge is 2.24. The average Bonchev–Trinajstić information content (AvgIpc) is 3.43. The topological polar surface area (TPSA) is 109 Å². The second-order valence-electron chi connectivity index (χ2n) is 11.1. The van der Waals surface area contributed by atoms with Crippen LogP contribution in [0.4, 0.5) is 5.69 Å². The molecule has 1 fully saturated rings. The number of hydrogen-bond acceptors (Lipinski definition) is 6. The number of anilines is 1. The molecular weight excluding hydrogens is 544 g/mol. The molecule has 0 radical (unpaired) electrons. The van der Waals surface area contributed by atoms with Crippen LogP contribution >= 0.6 is 0 Å². The van der Waals surface area contributed by atoms with E-state index in [1.165, 1.54) is 5.56 Å². The number of carbonyl (C=O) groups excluding carboxylic acids is 3. The first-order valence-corrected chi connectivity index (χ1v) is 15.8. The van der Waals surface area contributed by atoms with E-state index < -0.39 is 0 Å². The molecule has 0 aromatic heterocycles. The zero-order valence-electron chi connectivity index (χ0n) is 25.5. The van der Waals surface area contributed by atoms with E-state index in [1.54, 1.807) is 6.08 Å². The van der Waals surface area contributed by atoms with Crippen molar-refractivity contribution in [3.63, 3.8) is 0 Å². The smallest absolute Gasteiger partial charge is 0.251 e. The highest BCUT2D eigenvalue weighted by molar-refractivity contribution is 5.95. The number of amides is 3. The minimum Gasteiger partial charge on any atom is -0.372 e. The van der Waals surface area contributed by atoms with Crippen molar-refractivity contribution in [2.75, 3.05) is 31.1 Å². The summed E-state index contributed by atoms with van der Waals surface area (Å²) in [5, 5.41) is 6.10. The van der Waals surface area contributed by atoms with Crippen molar-refractivity contribution in [2.24, 2.45) is 0 Å². The number of hydroxylamine groups is 1. The van der Waals surface area contributed by atoms with Gasteiger partial charge in [0, 0.05) is 56.4 Å². The summed E-state index contributed by atoms with van der Waals surface area (Å²) in [6.45, 7) is 7.33. The molecule has 0 bridgehead atoms. The Morgan fingerprint density at radius 3 is 2.56 bits per heavy atom. The van der Waals surface area contributed by atoms with Gasteiger partial charge in [0.15, 0.2) is 6.29 Å². The van der Waals surface area contributed by atoms with E-state index in [0.29, 0.717) is 25.1 Å². The zero-order valence-corrected chi connectivity index (χ0v) is 25.5. The third-order valence-electron chi connectivity index (χ3n) is 8.06. The second kappa shape index (κ2) is 16.8. The summed E-state index contributed by atoms with van der Waals surface area (Å²) in [6, 6.07) is 13.9. The standard InChI is InChI=1S/C34H46N4O5/c1-3-38(4-2)28-17-14-26(15-18-28)34(41)36-30-20-16-27-24-25(12-19-29(27)30)13-21-31(39)35-22-8-5-6-10-32(40)37-43-33-11-7-9-23-42-33/h12-15,17-19,21,24,30,33H,3-11,16,20,22-23H2,1-2H3,(H,35,39)(H,36,41)(H,37,40). The molecule has 1 aliphatic carbocycles. The lowest BCUT2D eigenvalue weighted by molar-refractivity contribution is -0.200. The summed E-state index contributed by atoms with van der Waals surface area (Å²) < 4.78 is 5.42. The van der Waals surface area contributed by atoms with Crippen LogP contribution < -0.4 is 21.0 Å². The van der Waals surface area contributed by atoms with E-state index in [0.717, 1.165) is 81.3 Å². The van der Waals surface area contributed by atoms with Crippen molar-refractivity contribution in [2.45, 2.75) is 84.0 Å². The Labute approximate surface area is 255 Å². The van der Waals surface area contributed by atoms with Crippen molar-refractivity contribution in [1.82, 2.24) is 16.1 Å². The highest BCUT2D eigenvalue weighted by Crippen LogP contribution is 2.32. The first-order valence-electron chi connectivity index (χ1n) is 15.8. The van der Waals surface area contributed by atoms with Crippen molar-refractivity contribution in [1.29, 1.82) is 0 Å². The van der Waals surface area contributed by atoms with E-state index in [2.05, 4.69) is 47.0 Å². The molecule has 0 spiro atoms. The molecule has 1 heterocycles. The zero-order chi connectivity index (χ0) is 30.4. The van der Waals surface area contributed by atoms with E-state index in [9.17, 15) is 14.4 Å². The van der Waals surface area contributed by atoms with E-state index in [1.807, 2.05) is 36.4 Å². The Kier molecular flexibility index (Phi) is 12.6. The summed E-state index contributed by atoms with van der Waals surface area (Å²) in [4.78, 5) is 44.6. The molecule has 1 aliphatic heterocycles. The van der Waals surface area contributed by atoms with Crippen LogP contribution in [0.1, 0.15) is 98.3 Å². The second-order valence-corrected chi connectivity index (χ2v) is 11.1. The fourth-order valence-corrected chi connectivity index (χ4v) is 5.56. The van der Waals surface area contributed by atoms with Crippen LogP contribution in [0.25, 0.3) is 6.08 Å². The van der Waals surface area contributed by atoms with Gasteiger partial charge in [0.05, 0.1) is 6.04 Å². The molecule has 9 nitrogen and oxygen atoms in total. The largest absolute Gasteiger partial charge is 0.372 e. The van der Waals surface area contributed by atoms with Gasteiger partial charge in [-0.3, -0.25) is 14.4 Å². The van der Waals surface area contributed by atoms with E-state index >= 15 is 0 Å². The lowest BCUT2D eigenvalue weighted by Crippen LogP contribution is -2.33. The van der Waals surface area contributed by atoms with Crippen LogP contribution in [0.5, 0.6) is 0 Å². The number of unbranched alkanes of at least 4 members (excludes halogenated alkanes) is 2. The molecule has 43 heavy (non-hydrogen) atoms. The quantitative estimate of drug-likeness (QED) is 0.149. The molecule has 4 rings (SSSR count). The van der Waals surface area contributed by atoms with Crippen LogP contribution in [0.2, 0.25) is 0 Å². The maximum absolute atomic E-state index is 12.9. The predicted octanol–water partition coefficient (Wildman–Crippen LogP) is 5.21. The molecule has 2 unspecified atom stereocenters. The number of ether oxygens (including phenoxy) is 1. The number of nitrogens with one attached hydrogen (secondary N) is 3. The summed E-state index contributed by atoms with van der Waals surface area (Å²) in [7, 11) is 0. The third kappa shape index (κ3) is 9.93. The molecule has 9 heteroatoms. The number of hydrogen-bond donors (Lipinski definition) is 3. The summed E-state index contributed by atoms with van der Waals surface area (Å²) in [6.07, 6.45) is 10.4. The first kappa shape index (κ1) is 32.2. The Morgan fingerprint density at radius 2 is 1.81 bits per heavy atom. The van der Waals surface area contributed by atoms with Crippen LogP contribution in [-0.2, 0) is 25.6 Å². The molecule has 2 atom stereocenters. The summed E-state index contributed by atoms with van der Waals surface area (Å²) >= 11 is 0. The van der Waals surface area contributed by atoms with Gasteiger partial charge in [-0.25, -0.2) is 10.3 Å². The fourth-order valence-electron chi connectivity index (χ4n) is 5.56.